The van der Waals surface area contributed by atoms with Gasteiger partial charge in [-0.05, 0) is 63.4 Å². The number of hydrogen-bond donors (Lipinski definition) is 1. The zero-order chi connectivity index (χ0) is 14.8. The molecular formula is C16H24Cl2N2. The van der Waals surface area contributed by atoms with Crippen molar-refractivity contribution in [2.45, 2.75) is 51.1 Å². The van der Waals surface area contributed by atoms with Gasteiger partial charge in [0.1, 0.15) is 0 Å². The van der Waals surface area contributed by atoms with Crippen molar-refractivity contribution < 1.29 is 0 Å². The lowest BCUT2D eigenvalue weighted by Gasteiger charge is -2.43. The number of likely N-dealkylation sites (tertiary alicyclic amines) is 1. The van der Waals surface area contributed by atoms with Crippen molar-refractivity contribution in [3.05, 3.63) is 33.8 Å². The number of hydrogen-bond acceptors (Lipinski definition) is 2. The molecule has 0 spiro atoms. The van der Waals surface area contributed by atoms with Crippen LogP contribution in [0.15, 0.2) is 18.2 Å². The smallest absolute Gasteiger partial charge is 0.0453 e. The summed E-state index contributed by atoms with van der Waals surface area (Å²) in [5.74, 6) is 0. The molecule has 1 aliphatic heterocycles. The van der Waals surface area contributed by atoms with Crippen LogP contribution in [0.2, 0.25) is 10.0 Å². The Hall–Kier alpha value is -0.280. The molecule has 1 saturated heterocycles. The monoisotopic (exact) mass is 314 g/mol. The number of benzene rings is 1. The average Bonchev–Trinajstić information content (AvgIpc) is 2.96. The fourth-order valence-electron chi connectivity index (χ4n) is 3.12. The molecule has 0 radical (unpaired) electrons. The highest BCUT2D eigenvalue weighted by Crippen LogP contribution is 2.32. The van der Waals surface area contributed by atoms with E-state index in [2.05, 4.69) is 18.7 Å². The van der Waals surface area contributed by atoms with E-state index < -0.39 is 0 Å². The molecular weight excluding hydrogens is 291 g/mol. The molecule has 0 aliphatic carbocycles. The van der Waals surface area contributed by atoms with Gasteiger partial charge in [-0.2, -0.15) is 0 Å². The lowest BCUT2D eigenvalue weighted by Crippen LogP contribution is -2.57. The Morgan fingerprint density at radius 3 is 2.30 bits per heavy atom. The summed E-state index contributed by atoms with van der Waals surface area (Å²) in [5.41, 5.74) is 7.54. The van der Waals surface area contributed by atoms with Gasteiger partial charge in [0, 0.05) is 21.6 Å². The molecule has 20 heavy (non-hydrogen) atoms. The predicted molar refractivity (Wildman–Crippen MR) is 87.6 cm³/mol. The van der Waals surface area contributed by atoms with Crippen LogP contribution in [0.3, 0.4) is 0 Å². The van der Waals surface area contributed by atoms with E-state index in [1.165, 1.54) is 12.8 Å². The van der Waals surface area contributed by atoms with E-state index >= 15 is 0 Å². The zero-order valence-electron chi connectivity index (χ0n) is 12.3. The fourth-order valence-corrected chi connectivity index (χ4v) is 3.67. The Morgan fingerprint density at radius 2 is 1.80 bits per heavy atom. The third-order valence-corrected chi connectivity index (χ3v) is 5.54. The number of nitrogens with two attached hydrogens (primary N) is 1. The highest BCUT2D eigenvalue weighted by molar-refractivity contribution is 6.36. The molecule has 1 aromatic rings. The van der Waals surface area contributed by atoms with Crippen molar-refractivity contribution in [1.82, 2.24) is 4.90 Å². The van der Waals surface area contributed by atoms with Gasteiger partial charge in [0.05, 0.1) is 0 Å². The maximum absolute atomic E-state index is 6.55. The van der Waals surface area contributed by atoms with Gasteiger partial charge in [-0.1, -0.05) is 36.2 Å². The second-order valence-electron chi connectivity index (χ2n) is 5.92. The van der Waals surface area contributed by atoms with E-state index in [0.29, 0.717) is 10.0 Å². The first-order chi connectivity index (χ1) is 9.49. The molecule has 2 rings (SSSR count). The van der Waals surface area contributed by atoms with Gasteiger partial charge in [0.15, 0.2) is 0 Å². The maximum atomic E-state index is 6.55. The minimum absolute atomic E-state index is 0.0129. The van der Waals surface area contributed by atoms with Crippen LogP contribution in [0.5, 0.6) is 0 Å². The first-order valence-corrected chi connectivity index (χ1v) is 8.18. The van der Waals surface area contributed by atoms with Gasteiger partial charge in [0.25, 0.3) is 0 Å². The second kappa shape index (κ2) is 6.65. The van der Waals surface area contributed by atoms with Gasteiger partial charge >= 0.3 is 0 Å². The minimum atomic E-state index is 0.0129. The fraction of sp³-hybridized carbons (Fsp3) is 0.625. The van der Waals surface area contributed by atoms with Crippen LogP contribution in [-0.4, -0.2) is 29.6 Å². The van der Waals surface area contributed by atoms with Crippen LogP contribution < -0.4 is 5.73 Å². The SMILES string of the molecule is CCC(C)(C(N)Cc1c(Cl)cccc1Cl)N1CCCC1. The van der Waals surface area contributed by atoms with Gasteiger partial charge in [-0.15, -0.1) is 0 Å². The molecule has 112 valence electrons. The zero-order valence-corrected chi connectivity index (χ0v) is 13.8. The van der Waals surface area contributed by atoms with Crippen LogP contribution in [0.1, 0.15) is 38.7 Å². The molecule has 0 amide bonds. The largest absolute Gasteiger partial charge is 0.326 e. The summed E-state index contributed by atoms with van der Waals surface area (Å²) < 4.78 is 0. The third-order valence-electron chi connectivity index (χ3n) is 4.83. The van der Waals surface area contributed by atoms with E-state index in [0.717, 1.165) is 31.5 Å². The van der Waals surface area contributed by atoms with Crippen LogP contribution in [-0.2, 0) is 6.42 Å². The number of halogens is 2. The summed E-state index contributed by atoms with van der Waals surface area (Å²) in [6.45, 7) is 6.78. The molecule has 4 heteroatoms. The van der Waals surface area contributed by atoms with Crippen molar-refractivity contribution >= 4 is 23.2 Å². The highest BCUT2D eigenvalue weighted by Gasteiger charge is 2.37. The van der Waals surface area contributed by atoms with Crippen molar-refractivity contribution in [3.8, 4) is 0 Å². The van der Waals surface area contributed by atoms with Crippen LogP contribution in [0, 0.1) is 0 Å². The Balaban J connectivity index is 2.19. The molecule has 0 aromatic heterocycles. The average molecular weight is 315 g/mol. The summed E-state index contributed by atoms with van der Waals surface area (Å²) in [6.07, 6.45) is 4.31. The van der Waals surface area contributed by atoms with Gasteiger partial charge in [0.2, 0.25) is 0 Å². The quantitative estimate of drug-likeness (QED) is 0.885. The Kier molecular flexibility index (Phi) is 5.36. The highest BCUT2D eigenvalue weighted by atomic mass is 35.5. The van der Waals surface area contributed by atoms with Crippen LogP contribution in [0.4, 0.5) is 0 Å². The van der Waals surface area contributed by atoms with E-state index in [1.54, 1.807) is 0 Å². The third kappa shape index (κ3) is 3.14. The summed E-state index contributed by atoms with van der Waals surface area (Å²) >= 11 is 12.5. The number of rotatable bonds is 5. The van der Waals surface area contributed by atoms with E-state index in [9.17, 15) is 0 Å². The number of nitrogens with zero attached hydrogens (tertiary/aromatic N) is 1. The van der Waals surface area contributed by atoms with E-state index in [-0.39, 0.29) is 11.6 Å². The van der Waals surface area contributed by atoms with E-state index in [1.807, 2.05) is 18.2 Å². The van der Waals surface area contributed by atoms with Crippen molar-refractivity contribution in [2.75, 3.05) is 13.1 Å². The van der Waals surface area contributed by atoms with Gasteiger partial charge < -0.3 is 5.73 Å². The molecule has 1 fully saturated rings. The first kappa shape index (κ1) is 16.1. The van der Waals surface area contributed by atoms with Crippen molar-refractivity contribution in [2.24, 2.45) is 5.73 Å². The van der Waals surface area contributed by atoms with Crippen LogP contribution >= 0.6 is 23.2 Å². The molecule has 2 atom stereocenters. The maximum Gasteiger partial charge on any atom is 0.0453 e. The van der Waals surface area contributed by atoms with Gasteiger partial charge in [-0.3, -0.25) is 4.90 Å². The summed E-state index contributed by atoms with van der Waals surface area (Å²) in [4.78, 5) is 2.53. The van der Waals surface area contributed by atoms with Crippen LogP contribution in [0.25, 0.3) is 0 Å². The summed E-state index contributed by atoms with van der Waals surface area (Å²) in [6, 6.07) is 5.67. The molecule has 0 bridgehead atoms. The lowest BCUT2D eigenvalue weighted by molar-refractivity contribution is 0.0999. The first-order valence-electron chi connectivity index (χ1n) is 7.42. The Labute approximate surface area is 132 Å². The standard InChI is InChI=1S/C16H24Cl2N2/c1-3-16(2,20-9-4-5-10-20)15(19)11-12-13(17)7-6-8-14(12)18/h6-8,15H,3-5,9-11,19H2,1-2H3. The molecule has 1 aliphatic rings. The Bertz CT molecular complexity index is 438. The Morgan fingerprint density at radius 1 is 1.25 bits per heavy atom. The molecule has 1 heterocycles. The van der Waals surface area contributed by atoms with Gasteiger partial charge in [-0.25, -0.2) is 0 Å². The minimum Gasteiger partial charge on any atom is -0.326 e. The normalized spacial score (nSPS) is 20.9. The van der Waals surface area contributed by atoms with Crippen molar-refractivity contribution in [1.29, 1.82) is 0 Å². The molecule has 0 saturated carbocycles. The summed E-state index contributed by atoms with van der Waals surface area (Å²) in [5, 5.41) is 1.43. The van der Waals surface area contributed by atoms with Crippen molar-refractivity contribution in [3.63, 3.8) is 0 Å². The predicted octanol–water partition coefficient (Wildman–Crippen LogP) is 4.13. The molecule has 2 nitrogen and oxygen atoms in total. The molecule has 2 unspecified atom stereocenters. The molecule has 1 aromatic carbocycles. The summed E-state index contributed by atoms with van der Waals surface area (Å²) in [7, 11) is 0. The lowest BCUT2D eigenvalue weighted by atomic mass is 9.84. The second-order valence-corrected chi connectivity index (χ2v) is 6.73. The molecule has 2 N–H and O–H groups in total. The van der Waals surface area contributed by atoms with E-state index in [4.69, 9.17) is 28.9 Å². The topological polar surface area (TPSA) is 29.3 Å².